The van der Waals surface area contributed by atoms with Gasteiger partial charge in [-0.1, -0.05) is 158 Å². The Bertz CT molecular complexity index is 3300. The molecule has 2 heterocycles. The summed E-state index contributed by atoms with van der Waals surface area (Å²) in [5.74, 6) is 0. The standard InChI is InChI=1S/C54H34N2/c1-3-11-39-27-42(23-21-35(39)9-1)53-48-15-7-8-16-49(48)54(43-24-22-36-10-2-4-12-40(36)28-43)51-30-41(25-26-50(51)53)37-17-19-38(20-18-37)45-29-46(33-55-32-45)52-34-56-31-44-13-5-6-14-47(44)52/h1-34H. The molecule has 0 spiro atoms. The van der Waals surface area contributed by atoms with Crippen LogP contribution in [0.2, 0.25) is 0 Å². The molecule has 9 aromatic carbocycles. The molecule has 11 aromatic rings. The summed E-state index contributed by atoms with van der Waals surface area (Å²) in [5, 5.41) is 12.3. The number of rotatable bonds is 5. The van der Waals surface area contributed by atoms with E-state index in [-0.39, 0.29) is 0 Å². The van der Waals surface area contributed by atoms with E-state index in [9.17, 15) is 0 Å². The highest BCUT2D eigenvalue weighted by atomic mass is 14.6. The second kappa shape index (κ2) is 13.2. The van der Waals surface area contributed by atoms with Crippen molar-refractivity contribution < 1.29 is 0 Å². The Morgan fingerprint density at radius 1 is 0.232 bits per heavy atom. The Morgan fingerprint density at radius 2 is 0.696 bits per heavy atom. The van der Waals surface area contributed by atoms with Crippen molar-refractivity contribution in [2.75, 3.05) is 0 Å². The zero-order valence-electron chi connectivity index (χ0n) is 30.5. The van der Waals surface area contributed by atoms with Crippen molar-refractivity contribution in [3.63, 3.8) is 0 Å². The predicted molar refractivity (Wildman–Crippen MR) is 237 cm³/mol. The summed E-state index contributed by atoms with van der Waals surface area (Å²) in [6, 6.07) is 66.5. The normalized spacial score (nSPS) is 11.6. The minimum Gasteiger partial charge on any atom is -0.263 e. The van der Waals surface area contributed by atoms with Crippen molar-refractivity contribution >= 4 is 53.9 Å². The fraction of sp³-hybridized carbons (Fsp3) is 0. The lowest BCUT2D eigenvalue weighted by molar-refractivity contribution is 1.31. The van der Waals surface area contributed by atoms with E-state index in [1.807, 2.05) is 24.8 Å². The Kier molecular flexibility index (Phi) is 7.53. The van der Waals surface area contributed by atoms with Gasteiger partial charge in [-0.2, -0.15) is 0 Å². The predicted octanol–water partition coefficient (Wildman–Crippen LogP) is 14.6. The second-order valence-corrected chi connectivity index (χ2v) is 14.6. The molecular weight excluding hydrogens is 677 g/mol. The van der Waals surface area contributed by atoms with Crippen molar-refractivity contribution in [3.05, 3.63) is 207 Å². The zero-order valence-corrected chi connectivity index (χ0v) is 30.5. The lowest BCUT2D eigenvalue weighted by Gasteiger charge is -2.19. The Balaban J connectivity index is 1.08. The quantitative estimate of drug-likeness (QED) is 0.166. The second-order valence-electron chi connectivity index (χ2n) is 14.6. The van der Waals surface area contributed by atoms with E-state index in [0.717, 1.165) is 27.6 Å². The summed E-state index contributed by atoms with van der Waals surface area (Å²) in [5.41, 5.74) is 11.7. The van der Waals surface area contributed by atoms with E-state index in [4.69, 9.17) is 0 Å². The lowest BCUT2D eigenvalue weighted by Crippen LogP contribution is -1.92. The first-order valence-electron chi connectivity index (χ1n) is 19.1. The fourth-order valence-electron chi connectivity index (χ4n) is 8.62. The summed E-state index contributed by atoms with van der Waals surface area (Å²) in [6.45, 7) is 0. The molecular formula is C54H34N2. The summed E-state index contributed by atoms with van der Waals surface area (Å²) >= 11 is 0. The minimum absolute atomic E-state index is 1.06. The molecule has 2 nitrogen and oxygen atoms in total. The number of fused-ring (bicyclic) bond motifs is 5. The van der Waals surface area contributed by atoms with Gasteiger partial charge in [0, 0.05) is 46.9 Å². The third-order valence-electron chi connectivity index (χ3n) is 11.4. The van der Waals surface area contributed by atoms with E-state index < -0.39 is 0 Å². The van der Waals surface area contributed by atoms with Crippen LogP contribution in [-0.4, -0.2) is 9.97 Å². The van der Waals surface area contributed by atoms with E-state index in [2.05, 4.69) is 192 Å². The van der Waals surface area contributed by atoms with Gasteiger partial charge in [0.1, 0.15) is 0 Å². The van der Waals surface area contributed by atoms with Gasteiger partial charge < -0.3 is 0 Å². The van der Waals surface area contributed by atoms with Crippen molar-refractivity contribution in [2.45, 2.75) is 0 Å². The van der Waals surface area contributed by atoms with Gasteiger partial charge in [0.15, 0.2) is 0 Å². The molecule has 56 heavy (non-hydrogen) atoms. The third kappa shape index (κ3) is 5.42. The van der Waals surface area contributed by atoms with Crippen LogP contribution in [0.5, 0.6) is 0 Å². The molecule has 0 radical (unpaired) electrons. The molecule has 0 unspecified atom stereocenters. The number of aromatic nitrogens is 2. The molecule has 0 amide bonds. The van der Waals surface area contributed by atoms with Gasteiger partial charge in [-0.3, -0.25) is 9.97 Å². The summed E-state index contributed by atoms with van der Waals surface area (Å²) < 4.78 is 0. The number of hydrogen-bond donors (Lipinski definition) is 0. The highest BCUT2D eigenvalue weighted by Crippen LogP contribution is 2.46. The van der Waals surface area contributed by atoms with Gasteiger partial charge >= 0.3 is 0 Å². The van der Waals surface area contributed by atoms with Gasteiger partial charge in [-0.25, -0.2) is 0 Å². The molecule has 260 valence electrons. The number of nitrogens with zero attached hydrogens (tertiary/aromatic N) is 2. The molecule has 0 aliphatic heterocycles. The SMILES string of the molecule is c1ccc2cc(-c3c4ccccc4c(-c4ccc5ccccc5c4)c4cc(-c5ccc(-c6cncc(-c7cncc8ccccc78)c6)cc5)ccc34)ccc2c1. The topological polar surface area (TPSA) is 25.8 Å². The third-order valence-corrected chi connectivity index (χ3v) is 11.4. The molecule has 0 bridgehead atoms. The minimum atomic E-state index is 1.06. The van der Waals surface area contributed by atoms with E-state index >= 15 is 0 Å². The first-order chi connectivity index (χ1) is 27.7. The van der Waals surface area contributed by atoms with Crippen molar-refractivity contribution in [3.8, 4) is 55.6 Å². The lowest BCUT2D eigenvalue weighted by atomic mass is 9.84. The summed E-state index contributed by atoms with van der Waals surface area (Å²) in [6.07, 6.45) is 7.73. The molecule has 2 aromatic heterocycles. The van der Waals surface area contributed by atoms with Crippen LogP contribution >= 0.6 is 0 Å². The number of benzene rings is 9. The maximum Gasteiger partial charge on any atom is 0.0353 e. The van der Waals surface area contributed by atoms with Gasteiger partial charge in [0.25, 0.3) is 0 Å². The molecule has 11 rings (SSSR count). The Labute approximate surface area is 325 Å². The average Bonchev–Trinajstić information content (AvgIpc) is 3.27. The molecule has 0 N–H and O–H groups in total. The Hall–Kier alpha value is -7.42. The average molecular weight is 711 g/mol. The monoisotopic (exact) mass is 710 g/mol. The zero-order chi connectivity index (χ0) is 37.0. The smallest absolute Gasteiger partial charge is 0.0353 e. The molecule has 0 fully saturated rings. The van der Waals surface area contributed by atoms with Crippen LogP contribution < -0.4 is 0 Å². The molecule has 2 heteroatoms. The highest BCUT2D eigenvalue weighted by Gasteiger charge is 2.18. The fourth-order valence-corrected chi connectivity index (χ4v) is 8.62. The maximum atomic E-state index is 4.66. The van der Waals surface area contributed by atoms with E-state index in [1.54, 1.807) is 0 Å². The Morgan fingerprint density at radius 3 is 1.36 bits per heavy atom. The summed E-state index contributed by atoms with van der Waals surface area (Å²) in [4.78, 5) is 9.18. The number of hydrogen-bond acceptors (Lipinski definition) is 2. The van der Waals surface area contributed by atoms with Crippen molar-refractivity contribution in [1.29, 1.82) is 0 Å². The van der Waals surface area contributed by atoms with Crippen LogP contribution in [0.3, 0.4) is 0 Å². The van der Waals surface area contributed by atoms with Gasteiger partial charge in [0.2, 0.25) is 0 Å². The van der Waals surface area contributed by atoms with Crippen LogP contribution in [0.15, 0.2) is 207 Å². The van der Waals surface area contributed by atoms with Crippen LogP contribution in [0.4, 0.5) is 0 Å². The summed E-state index contributed by atoms with van der Waals surface area (Å²) in [7, 11) is 0. The first kappa shape index (κ1) is 32.0. The first-order valence-corrected chi connectivity index (χ1v) is 19.1. The molecule has 0 atom stereocenters. The molecule has 0 aliphatic rings. The van der Waals surface area contributed by atoms with Crippen molar-refractivity contribution in [2.24, 2.45) is 0 Å². The van der Waals surface area contributed by atoms with Gasteiger partial charge in [-0.15, -0.1) is 0 Å². The molecule has 0 saturated heterocycles. The van der Waals surface area contributed by atoms with Crippen LogP contribution in [0.25, 0.3) is 109 Å². The van der Waals surface area contributed by atoms with Crippen LogP contribution in [-0.2, 0) is 0 Å². The molecule has 0 saturated carbocycles. The largest absolute Gasteiger partial charge is 0.263 e. The highest BCUT2D eigenvalue weighted by molar-refractivity contribution is 6.22. The van der Waals surface area contributed by atoms with E-state index in [0.29, 0.717) is 0 Å². The van der Waals surface area contributed by atoms with Crippen molar-refractivity contribution in [1.82, 2.24) is 9.97 Å². The van der Waals surface area contributed by atoms with E-state index in [1.165, 1.54) is 81.9 Å². The van der Waals surface area contributed by atoms with Gasteiger partial charge in [0.05, 0.1) is 0 Å². The van der Waals surface area contributed by atoms with Crippen LogP contribution in [0.1, 0.15) is 0 Å². The van der Waals surface area contributed by atoms with Gasteiger partial charge in [-0.05, 0) is 112 Å². The number of pyridine rings is 2. The maximum absolute atomic E-state index is 4.66. The van der Waals surface area contributed by atoms with Crippen LogP contribution in [0, 0.1) is 0 Å². The molecule has 0 aliphatic carbocycles.